The molecule has 0 atom stereocenters. The fourth-order valence-corrected chi connectivity index (χ4v) is 2.21. The third-order valence-electron chi connectivity index (χ3n) is 3.12. The second-order valence-corrected chi connectivity index (χ2v) is 4.14. The number of hydrogen-bond donors (Lipinski definition) is 2. The summed E-state index contributed by atoms with van der Waals surface area (Å²) in [5.74, 6) is 1.60. The zero-order chi connectivity index (χ0) is 12.5. The van der Waals surface area contributed by atoms with Crippen molar-refractivity contribution in [2.24, 2.45) is 0 Å². The van der Waals surface area contributed by atoms with Gasteiger partial charge in [-0.05, 0) is 22.9 Å². The Bertz CT molecular complexity index is 659. The molecule has 90 valence electrons. The van der Waals surface area contributed by atoms with Gasteiger partial charge in [0.1, 0.15) is 0 Å². The van der Waals surface area contributed by atoms with Gasteiger partial charge in [0, 0.05) is 24.9 Å². The Hall–Kier alpha value is -2.36. The number of fused-ring (bicyclic) bond motifs is 2. The third-order valence-corrected chi connectivity index (χ3v) is 3.12. The first kappa shape index (κ1) is 10.8. The lowest BCUT2D eigenvalue weighted by molar-refractivity contribution is 1.05. The van der Waals surface area contributed by atoms with E-state index in [4.69, 9.17) is 0 Å². The maximum atomic E-state index is 4.18. The molecule has 0 aliphatic heterocycles. The van der Waals surface area contributed by atoms with Gasteiger partial charge in [0.05, 0.1) is 0 Å². The highest BCUT2D eigenvalue weighted by atomic mass is 15.2. The molecule has 0 unspecified atom stereocenters. The molecule has 0 fully saturated rings. The van der Waals surface area contributed by atoms with E-state index in [1.807, 2.05) is 26.2 Å². The maximum Gasteiger partial charge on any atom is 0.156 e. The van der Waals surface area contributed by atoms with E-state index in [1.165, 1.54) is 10.8 Å². The summed E-state index contributed by atoms with van der Waals surface area (Å²) in [6.07, 6.45) is 0. The van der Waals surface area contributed by atoms with Gasteiger partial charge in [0.15, 0.2) is 11.6 Å². The van der Waals surface area contributed by atoms with Gasteiger partial charge >= 0.3 is 0 Å². The molecule has 0 saturated heterocycles. The average molecular weight is 238 g/mol. The molecular formula is C14H14N4. The predicted molar refractivity (Wildman–Crippen MR) is 76.1 cm³/mol. The molecule has 4 nitrogen and oxygen atoms in total. The van der Waals surface area contributed by atoms with Gasteiger partial charge in [-0.25, -0.2) is 0 Å². The molecule has 1 heterocycles. The highest BCUT2D eigenvalue weighted by molar-refractivity contribution is 6.06. The fourth-order valence-electron chi connectivity index (χ4n) is 2.21. The number of rotatable bonds is 2. The molecule has 3 aromatic rings. The van der Waals surface area contributed by atoms with Crippen molar-refractivity contribution >= 4 is 33.2 Å². The van der Waals surface area contributed by atoms with Crippen LogP contribution in [-0.2, 0) is 0 Å². The highest BCUT2D eigenvalue weighted by Gasteiger charge is 2.08. The summed E-state index contributed by atoms with van der Waals surface area (Å²) >= 11 is 0. The molecule has 2 aromatic carbocycles. The normalized spacial score (nSPS) is 10.8. The minimum atomic E-state index is 0.801. The zero-order valence-corrected chi connectivity index (χ0v) is 10.4. The van der Waals surface area contributed by atoms with Crippen molar-refractivity contribution in [3.8, 4) is 0 Å². The Morgan fingerprint density at radius 3 is 1.61 bits per heavy atom. The van der Waals surface area contributed by atoms with Crippen LogP contribution in [0.4, 0.5) is 11.6 Å². The number of benzene rings is 2. The molecule has 0 aliphatic carbocycles. The Morgan fingerprint density at radius 2 is 1.22 bits per heavy atom. The van der Waals surface area contributed by atoms with Gasteiger partial charge in [-0.1, -0.05) is 24.3 Å². The van der Waals surface area contributed by atoms with Gasteiger partial charge in [0.2, 0.25) is 0 Å². The van der Waals surface area contributed by atoms with Crippen molar-refractivity contribution in [3.63, 3.8) is 0 Å². The van der Waals surface area contributed by atoms with E-state index in [9.17, 15) is 0 Å². The van der Waals surface area contributed by atoms with Crippen LogP contribution in [0.1, 0.15) is 0 Å². The van der Waals surface area contributed by atoms with Crippen molar-refractivity contribution < 1.29 is 0 Å². The van der Waals surface area contributed by atoms with E-state index in [-0.39, 0.29) is 0 Å². The van der Waals surface area contributed by atoms with E-state index >= 15 is 0 Å². The quantitative estimate of drug-likeness (QED) is 0.674. The fraction of sp³-hybridized carbons (Fsp3) is 0.143. The van der Waals surface area contributed by atoms with Gasteiger partial charge in [-0.2, -0.15) is 0 Å². The van der Waals surface area contributed by atoms with Crippen LogP contribution >= 0.6 is 0 Å². The van der Waals surface area contributed by atoms with Crippen LogP contribution < -0.4 is 10.6 Å². The van der Waals surface area contributed by atoms with E-state index in [2.05, 4.69) is 45.1 Å². The summed E-state index contributed by atoms with van der Waals surface area (Å²) in [5.41, 5.74) is 0. The van der Waals surface area contributed by atoms with E-state index < -0.39 is 0 Å². The number of anilines is 2. The summed E-state index contributed by atoms with van der Waals surface area (Å²) in [5, 5.41) is 19.1. The van der Waals surface area contributed by atoms with Crippen molar-refractivity contribution in [2.75, 3.05) is 24.7 Å². The number of aromatic nitrogens is 2. The van der Waals surface area contributed by atoms with Crippen LogP contribution in [0.2, 0.25) is 0 Å². The van der Waals surface area contributed by atoms with Gasteiger partial charge in [-0.15, -0.1) is 10.2 Å². The Labute approximate surface area is 105 Å². The molecular weight excluding hydrogens is 224 g/mol. The van der Waals surface area contributed by atoms with E-state index in [0.29, 0.717) is 0 Å². The SMILES string of the molecule is CNc1nnc(NC)c2cc3ccccc3cc12. The molecule has 0 spiro atoms. The summed E-state index contributed by atoms with van der Waals surface area (Å²) in [4.78, 5) is 0. The maximum absolute atomic E-state index is 4.18. The predicted octanol–water partition coefficient (Wildman–Crippen LogP) is 2.87. The van der Waals surface area contributed by atoms with E-state index in [1.54, 1.807) is 0 Å². The molecule has 1 aromatic heterocycles. The molecule has 0 radical (unpaired) electrons. The van der Waals surface area contributed by atoms with Crippen molar-refractivity contribution in [3.05, 3.63) is 36.4 Å². The van der Waals surface area contributed by atoms with Crippen LogP contribution in [0.3, 0.4) is 0 Å². The molecule has 2 N–H and O–H groups in total. The third kappa shape index (κ3) is 1.54. The molecule has 4 heteroatoms. The summed E-state index contributed by atoms with van der Waals surface area (Å²) < 4.78 is 0. The number of nitrogens with zero attached hydrogens (tertiary/aromatic N) is 2. The highest BCUT2D eigenvalue weighted by Crippen LogP contribution is 2.30. The summed E-state index contributed by atoms with van der Waals surface area (Å²) in [7, 11) is 3.72. The first-order valence-corrected chi connectivity index (χ1v) is 5.88. The second-order valence-electron chi connectivity index (χ2n) is 4.14. The van der Waals surface area contributed by atoms with Crippen LogP contribution in [0.25, 0.3) is 21.5 Å². The molecule has 3 rings (SSSR count). The Balaban J connectivity index is 2.46. The lowest BCUT2D eigenvalue weighted by Gasteiger charge is -2.09. The molecule has 0 saturated carbocycles. The standard InChI is InChI=1S/C14H14N4/c1-15-13-11-7-9-5-3-4-6-10(9)8-12(11)14(16-2)18-17-13/h3-8H,1-2H3,(H,15,17)(H,16,18). The van der Waals surface area contributed by atoms with E-state index in [0.717, 1.165) is 22.4 Å². The Morgan fingerprint density at radius 1 is 0.778 bits per heavy atom. The second kappa shape index (κ2) is 4.14. The van der Waals surface area contributed by atoms with Crippen LogP contribution in [0, 0.1) is 0 Å². The number of hydrogen-bond acceptors (Lipinski definition) is 4. The smallest absolute Gasteiger partial charge is 0.156 e. The molecule has 18 heavy (non-hydrogen) atoms. The van der Waals surface area contributed by atoms with Crippen LogP contribution in [0.15, 0.2) is 36.4 Å². The molecule has 0 amide bonds. The minimum absolute atomic E-state index is 0.801. The summed E-state index contributed by atoms with van der Waals surface area (Å²) in [6, 6.07) is 12.6. The zero-order valence-electron chi connectivity index (χ0n) is 10.4. The number of nitrogens with one attached hydrogen (secondary N) is 2. The summed E-state index contributed by atoms with van der Waals surface area (Å²) in [6.45, 7) is 0. The van der Waals surface area contributed by atoms with Gasteiger partial charge < -0.3 is 10.6 Å². The van der Waals surface area contributed by atoms with Crippen molar-refractivity contribution in [1.29, 1.82) is 0 Å². The Kier molecular flexibility index (Phi) is 2.48. The lowest BCUT2D eigenvalue weighted by atomic mass is 10.0. The topological polar surface area (TPSA) is 49.8 Å². The van der Waals surface area contributed by atoms with Crippen LogP contribution in [-0.4, -0.2) is 24.3 Å². The molecule has 0 aliphatic rings. The van der Waals surface area contributed by atoms with Gasteiger partial charge in [-0.3, -0.25) is 0 Å². The lowest BCUT2D eigenvalue weighted by Crippen LogP contribution is -2.01. The van der Waals surface area contributed by atoms with Gasteiger partial charge in [0.25, 0.3) is 0 Å². The van der Waals surface area contributed by atoms with Crippen LogP contribution in [0.5, 0.6) is 0 Å². The average Bonchev–Trinajstić information content (AvgIpc) is 2.44. The monoisotopic (exact) mass is 238 g/mol. The molecule has 0 bridgehead atoms. The first-order chi connectivity index (χ1) is 8.83. The largest absolute Gasteiger partial charge is 0.371 e. The van der Waals surface area contributed by atoms with Crippen molar-refractivity contribution in [2.45, 2.75) is 0 Å². The van der Waals surface area contributed by atoms with Crippen molar-refractivity contribution in [1.82, 2.24) is 10.2 Å². The first-order valence-electron chi connectivity index (χ1n) is 5.88. The minimum Gasteiger partial charge on any atom is -0.371 e.